The molecule has 8 nitrogen and oxygen atoms in total. The summed E-state index contributed by atoms with van der Waals surface area (Å²) in [6.45, 7) is 2.57. The summed E-state index contributed by atoms with van der Waals surface area (Å²) in [6, 6.07) is 14.1. The minimum Gasteiger partial charge on any atom is -0.502 e. The number of piperidine rings is 1. The number of aromatic nitrogens is 1. The van der Waals surface area contributed by atoms with E-state index in [9.17, 15) is 19.5 Å². The number of benzene rings is 1. The number of carbonyl (C=O) groups excluding carboxylic acids is 1. The lowest BCUT2D eigenvalue weighted by Gasteiger charge is -2.42. The number of pyridine rings is 1. The van der Waals surface area contributed by atoms with Gasteiger partial charge in [-0.25, -0.2) is 0 Å². The van der Waals surface area contributed by atoms with Crippen molar-refractivity contribution >= 4 is 21.9 Å². The van der Waals surface area contributed by atoms with Gasteiger partial charge in [0.1, 0.15) is 5.76 Å². The van der Waals surface area contributed by atoms with Crippen LogP contribution < -0.4 is 11.0 Å². The van der Waals surface area contributed by atoms with Gasteiger partial charge in [-0.1, -0.05) is 34.1 Å². The number of nitrogens with zero attached hydrogens (tertiary/aromatic N) is 2. The van der Waals surface area contributed by atoms with Gasteiger partial charge >= 0.3 is 5.97 Å². The van der Waals surface area contributed by atoms with Gasteiger partial charge in [0, 0.05) is 47.9 Å². The zero-order valence-electron chi connectivity index (χ0n) is 19.9. The van der Waals surface area contributed by atoms with E-state index in [1.165, 1.54) is 13.2 Å². The molecule has 0 aliphatic carbocycles. The zero-order chi connectivity index (χ0) is 25.4. The highest BCUT2D eigenvalue weighted by atomic mass is 79.9. The van der Waals surface area contributed by atoms with E-state index in [4.69, 9.17) is 9.15 Å². The molecule has 2 aliphatic heterocycles. The van der Waals surface area contributed by atoms with Crippen LogP contribution in [0.1, 0.15) is 47.5 Å². The summed E-state index contributed by atoms with van der Waals surface area (Å²) in [5.74, 6) is -0.654. The van der Waals surface area contributed by atoms with Gasteiger partial charge in [-0.05, 0) is 36.1 Å². The van der Waals surface area contributed by atoms with E-state index < -0.39 is 23.1 Å². The first kappa shape index (κ1) is 24.5. The minimum absolute atomic E-state index is 0.0361. The molecular weight excluding hydrogens is 528 g/mol. The molecular formula is C27H27BrN2O6. The van der Waals surface area contributed by atoms with Crippen LogP contribution in [0.3, 0.4) is 0 Å². The first-order valence-electron chi connectivity index (χ1n) is 11.9. The normalized spacial score (nSPS) is 19.9. The number of fused-ring (bicyclic) bond motifs is 4. The Morgan fingerprint density at radius 3 is 2.75 bits per heavy atom. The number of carbonyl (C=O) groups is 1. The Balaban J connectivity index is 1.45. The van der Waals surface area contributed by atoms with E-state index >= 15 is 0 Å². The number of rotatable bonds is 6. The van der Waals surface area contributed by atoms with Gasteiger partial charge in [0.05, 0.1) is 26.0 Å². The molecule has 0 saturated carbocycles. The Morgan fingerprint density at radius 1 is 1.17 bits per heavy atom. The van der Waals surface area contributed by atoms with Gasteiger partial charge in [0.25, 0.3) is 5.56 Å². The van der Waals surface area contributed by atoms with Crippen LogP contribution in [0.5, 0.6) is 5.75 Å². The van der Waals surface area contributed by atoms with Crippen molar-refractivity contribution in [3.8, 4) is 5.75 Å². The summed E-state index contributed by atoms with van der Waals surface area (Å²) in [4.78, 5) is 39.5. The fraction of sp³-hybridized carbons (Fsp3) is 0.370. The lowest BCUT2D eigenvalue weighted by molar-refractivity contribution is -0.140. The van der Waals surface area contributed by atoms with Crippen LogP contribution in [-0.4, -0.2) is 40.7 Å². The van der Waals surface area contributed by atoms with E-state index in [1.807, 2.05) is 41.0 Å². The Morgan fingerprint density at radius 2 is 1.97 bits per heavy atom. The van der Waals surface area contributed by atoms with Gasteiger partial charge in [0.2, 0.25) is 11.2 Å². The monoisotopic (exact) mass is 554 g/mol. The topological polar surface area (TPSA) is 102 Å². The van der Waals surface area contributed by atoms with Gasteiger partial charge in [-0.3, -0.25) is 19.3 Å². The smallest absolute Gasteiger partial charge is 0.306 e. The Bertz CT molecular complexity index is 1410. The lowest BCUT2D eigenvalue weighted by atomic mass is 9.83. The molecule has 36 heavy (non-hydrogen) atoms. The number of halogens is 1. The van der Waals surface area contributed by atoms with Crippen molar-refractivity contribution in [2.24, 2.45) is 5.92 Å². The van der Waals surface area contributed by atoms with Crippen molar-refractivity contribution in [3.63, 3.8) is 0 Å². The molecule has 1 fully saturated rings. The molecule has 0 spiro atoms. The van der Waals surface area contributed by atoms with E-state index in [0.717, 1.165) is 29.7 Å². The van der Waals surface area contributed by atoms with E-state index in [-0.39, 0.29) is 23.7 Å². The summed E-state index contributed by atoms with van der Waals surface area (Å²) in [7, 11) is 1.30. The van der Waals surface area contributed by atoms with Gasteiger partial charge in [-0.15, -0.1) is 0 Å². The number of hydrogen-bond donors (Lipinski definition) is 1. The lowest BCUT2D eigenvalue weighted by Crippen LogP contribution is -2.46. The van der Waals surface area contributed by atoms with Crippen molar-refractivity contribution in [1.82, 2.24) is 9.47 Å². The third-order valence-electron chi connectivity index (χ3n) is 7.10. The third kappa shape index (κ3) is 4.90. The highest BCUT2D eigenvalue weighted by molar-refractivity contribution is 9.10. The molecule has 0 unspecified atom stereocenters. The fourth-order valence-electron chi connectivity index (χ4n) is 5.55. The first-order chi connectivity index (χ1) is 17.3. The van der Waals surface area contributed by atoms with Crippen molar-refractivity contribution in [3.05, 3.63) is 96.4 Å². The maximum absolute atomic E-state index is 12.8. The highest BCUT2D eigenvalue weighted by Gasteiger charge is 2.35. The highest BCUT2D eigenvalue weighted by Crippen LogP contribution is 2.37. The maximum atomic E-state index is 12.8. The van der Waals surface area contributed by atoms with Crippen molar-refractivity contribution in [2.75, 3.05) is 20.2 Å². The molecule has 2 aromatic heterocycles. The van der Waals surface area contributed by atoms with Crippen LogP contribution in [0.4, 0.5) is 0 Å². The van der Waals surface area contributed by atoms with Crippen molar-refractivity contribution in [2.45, 2.75) is 37.8 Å². The summed E-state index contributed by atoms with van der Waals surface area (Å²) in [5, 5.41) is 10.7. The van der Waals surface area contributed by atoms with Crippen LogP contribution in [0.2, 0.25) is 0 Å². The molecule has 188 valence electrons. The first-order valence-corrected chi connectivity index (χ1v) is 12.7. The van der Waals surface area contributed by atoms with Gasteiger partial charge in [-0.2, -0.15) is 0 Å². The molecule has 5 rings (SSSR count). The van der Waals surface area contributed by atoms with Crippen LogP contribution in [0.25, 0.3) is 0 Å². The second-order valence-electron chi connectivity index (χ2n) is 9.57. The number of ether oxygens (including phenoxy) is 1. The molecule has 1 N–H and O–H groups in total. The average Bonchev–Trinajstić information content (AvgIpc) is 2.85. The Hall–Kier alpha value is -3.17. The fourth-order valence-corrected chi connectivity index (χ4v) is 5.97. The maximum Gasteiger partial charge on any atom is 0.306 e. The van der Waals surface area contributed by atoms with Gasteiger partial charge in [0.15, 0.2) is 5.76 Å². The molecule has 4 heterocycles. The van der Waals surface area contributed by atoms with E-state index in [0.29, 0.717) is 30.3 Å². The van der Waals surface area contributed by atoms with Gasteiger partial charge < -0.3 is 18.8 Å². The average molecular weight is 555 g/mol. The molecule has 2 bridgehead atoms. The molecule has 1 saturated heterocycles. The summed E-state index contributed by atoms with van der Waals surface area (Å²) < 4.78 is 13.7. The molecule has 0 amide bonds. The summed E-state index contributed by atoms with van der Waals surface area (Å²) in [6.07, 6.45) is 0.932. The number of hydrogen-bond acceptors (Lipinski definition) is 7. The van der Waals surface area contributed by atoms with E-state index in [2.05, 4.69) is 20.8 Å². The molecule has 3 atom stereocenters. The largest absolute Gasteiger partial charge is 0.502 e. The van der Waals surface area contributed by atoms with Crippen LogP contribution in [0, 0.1) is 5.92 Å². The number of aromatic hydroxyl groups is 1. The predicted molar refractivity (Wildman–Crippen MR) is 136 cm³/mol. The SMILES string of the molecule is COC(=O)C[C@H](c1cccc(Br)c1)c1oc(CN2C[C@@H]3C[C@H](C2)c2cccc(=O)n2C3)cc(=O)c1O. The molecule has 9 heteroatoms. The van der Waals surface area contributed by atoms with Crippen molar-refractivity contribution < 1.29 is 19.1 Å². The molecule has 0 radical (unpaired) electrons. The Labute approximate surface area is 216 Å². The second-order valence-corrected chi connectivity index (χ2v) is 10.5. The summed E-state index contributed by atoms with van der Waals surface area (Å²) >= 11 is 3.44. The van der Waals surface area contributed by atoms with Crippen LogP contribution >= 0.6 is 15.9 Å². The summed E-state index contributed by atoms with van der Waals surface area (Å²) in [5.41, 5.74) is 1.24. The predicted octanol–water partition coefficient (Wildman–Crippen LogP) is 3.58. The van der Waals surface area contributed by atoms with Crippen LogP contribution in [-0.2, 0) is 22.6 Å². The number of methoxy groups -OCH3 is 1. The zero-order valence-corrected chi connectivity index (χ0v) is 21.4. The Kier molecular flexibility index (Phi) is 6.85. The number of likely N-dealkylation sites (tertiary alicyclic amines) is 1. The van der Waals surface area contributed by atoms with Crippen molar-refractivity contribution in [1.29, 1.82) is 0 Å². The van der Waals surface area contributed by atoms with E-state index in [1.54, 1.807) is 6.07 Å². The molecule has 2 aliphatic rings. The molecule has 3 aromatic rings. The molecule has 1 aromatic carbocycles. The second kappa shape index (κ2) is 10.1. The quantitative estimate of drug-likeness (QED) is 0.464. The third-order valence-corrected chi connectivity index (χ3v) is 7.59. The number of esters is 1. The standard InChI is InChI=1S/C27H27BrN2O6/c1-35-25(33)11-21(17-4-2-5-19(28)9-17)27-26(34)23(31)10-20(36-27)15-29-12-16-8-18(14-29)22-6-3-7-24(32)30(22)13-16/h2-7,9-10,16,18,21,34H,8,11-15H2,1H3/t16-,18+,21+/m0/s1. The minimum atomic E-state index is -0.693. The van der Waals surface area contributed by atoms with Crippen LogP contribution in [0.15, 0.2) is 67.0 Å².